The molecule has 0 unspecified atom stereocenters. The minimum atomic E-state index is -4.26. The Labute approximate surface area is 238 Å². The van der Waals surface area contributed by atoms with Crippen molar-refractivity contribution in [2.24, 2.45) is 0 Å². The molecule has 2 saturated heterocycles. The molecular formula is C29H32N4O7S. The fourth-order valence-corrected chi connectivity index (χ4v) is 7.48. The lowest BCUT2D eigenvalue weighted by atomic mass is 9.79. The number of ether oxygens (including phenoxy) is 3. The second-order valence-corrected chi connectivity index (χ2v) is 12.7. The Kier molecular flexibility index (Phi) is 6.16. The Hall–Kier alpha value is -3.77. The molecule has 3 heterocycles. The van der Waals surface area contributed by atoms with Gasteiger partial charge in [-0.25, -0.2) is 8.42 Å². The van der Waals surface area contributed by atoms with Crippen molar-refractivity contribution < 1.29 is 31.9 Å². The van der Waals surface area contributed by atoms with E-state index in [0.717, 1.165) is 42.7 Å². The predicted octanol–water partition coefficient (Wildman–Crippen LogP) is 3.43. The van der Waals surface area contributed by atoms with Gasteiger partial charge in [-0.2, -0.15) is 0 Å². The van der Waals surface area contributed by atoms with Crippen molar-refractivity contribution in [2.45, 2.75) is 36.0 Å². The molecule has 7 rings (SSSR count). The summed E-state index contributed by atoms with van der Waals surface area (Å²) in [6, 6.07) is 9.38. The van der Waals surface area contributed by atoms with E-state index in [4.69, 9.17) is 18.7 Å². The van der Waals surface area contributed by atoms with Crippen LogP contribution in [-0.2, 0) is 26.6 Å². The maximum atomic E-state index is 13.9. The van der Waals surface area contributed by atoms with Crippen molar-refractivity contribution in [1.82, 2.24) is 10.1 Å². The van der Waals surface area contributed by atoms with Crippen molar-refractivity contribution in [3.05, 3.63) is 47.0 Å². The highest BCUT2D eigenvalue weighted by Gasteiger charge is 2.51. The van der Waals surface area contributed by atoms with E-state index in [-0.39, 0.29) is 39.1 Å². The van der Waals surface area contributed by atoms with Crippen LogP contribution in [0.2, 0.25) is 0 Å². The highest BCUT2D eigenvalue weighted by Crippen LogP contribution is 2.59. The average Bonchev–Trinajstić information content (AvgIpc) is 3.63. The zero-order valence-corrected chi connectivity index (χ0v) is 23.9. The van der Waals surface area contributed by atoms with E-state index in [1.165, 1.54) is 38.3 Å². The molecule has 4 aliphatic rings. The van der Waals surface area contributed by atoms with E-state index in [9.17, 15) is 13.2 Å². The summed E-state index contributed by atoms with van der Waals surface area (Å²) < 4.78 is 52.5. The van der Waals surface area contributed by atoms with Gasteiger partial charge in [0.05, 0.1) is 27.4 Å². The smallest absolute Gasteiger partial charge is 0.270 e. The van der Waals surface area contributed by atoms with Gasteiger partial charge in [0.15, 0.2) is 16.5 Å². The molecular weight excluding hydrogens is 548 g/mol. The van der Waals surface area contributed by atoms with Gasteiger partial charge in [0.25, 0.3) is 15.9 Å². The normalized spacial score (nSPS) is 18.8. The number of nitrogens with zero attached hydrogens (tertiary/aromatic N) is 3. The molecule has 0 bridgehead atoms. The summed E-state index contributed by atoms with van der Waals surface area (Å²) in [5, 5.41) is 4.19. The lowest BCUT2D eigenvalue weighted by Gasteiger charge is -2.34. The first-order valence-electron chi connectivity index (χ1n) is 13.9. The number of hydrogen-bond acceptors (Lipinski definition) is 9. The molecule has 2 aromatic carbocycles. The first kappa shape index (κ1) is 26.1. The van der Waals surface area contributed by atoms with Crippen molar-refractivity contribution in [3.8, 4) is 22.8 Å². The van der Waals surface area contributed by atoms with E-state index in [0.29, 0.717) is 38.5 Å². The third-order valence-electron chi connectivity index (χ3n) is 8.70. The van der Waals surface area contributed by atoms with Crippen LogP contribution >= 0.6 is 0 Å². The van der Waals surface area contributed by atoms with Gasteiger partial charge in [-0.1, -0.05) is 11.2 Å². The van der Waals surface area contributed by atoms with Gasteiger partial charge in [0, 0.05) is 54.0 Å². The lowest BCUT2D eigenvalue weighted by Crippen LogP contribution is -2.40. The van der Waals surface area contributed by atoms with Gasteiger partial charge in [0.1, 0.15) is 11.5 Å². The molecule has 3 aromatic rings. The van der Waals surface area contributed by atoms with Crippen LogP contribution in [0.1, 0.15) is 40.7 Å². The second kappa shape index (κ2) is 9.66. The number of hydrogen-bond donors (Lipinski definition) is 1. The molecule has 2 aliphatic carbocycles. The predicted molar refractivity (Wildman–Crippen MR) is 150 cm³/mol. The molecule has 0 radical (unpaired) electrons. The molecule has 12 heteroatoms. The Bertz CT molecular complexity index is 1610. The van der Waals surface area contributed by atoms with E-state index in [1.54, 1.807) is 4.90 Å². The molecule has 1 N–H and O–H groups in total. The quantitative estimate of drug-likeness (QED) is 0.448. The van der Waals surface area contributed by atoms with Gasteiger partial charge < -0.3 is 28.5 Å². The number of rotatable bonds is 7. The largest absolute Gasteiger partial charge is 0.495 e. The number of carbonyl (C=O) groups is 1. The number of aromatic nitrogens is 1. The maximum absolute atomic E-state index is 13.9. The minimum Gasteiger partial charge on any atom is -0.495 e. The number of nitrogens with one attached hydrogen (secondary N) is 1. The molecule has 216 valence electrons. The summed E-state index contributed by atoms with van der Waals surface area (Å²) >= 11 is 0. The van der Waals surface area contributed by atoms with Crippen LogP contribution in [0, 0.1) is 0 Å². The SMILES string of the molecule is COc1cc(C(=O)N2CCOCC2)cc(OC)c1S(=O)(=O)Nc1noc2c1CC1(CC1)c1ccc(N3CCC3)cc1-2. The molecule has 11 nitrogen and oxygen atoms in total. The third kappa shape index (κ3) is 4.31. The summed E-state index contributed by atoms with van der Waals surface area (Å²) in [7, 11) is -1.54. The van der Waals surface area contributed by atoms with Gasteiger partial charge >= 0.3 is 0 Å². The Morgan fingerprint density at radius 3 is 2.34 bits per heavy atom. The number of methoxy groups -OCH3 is 2. The maximum Gasteiger partial charge on any atom is 0.270 e. The van der Waals surface area contributed by atoms with Crippen molar-refractivity contribution >= 4 is 27.4 Å². The first-order chi connectivity index (χ1) is 19.8. The van der Waals surface area contributed by atoms with Gasteiger partial charge in [0.2, 0.25) is 0 Å². The first-order valence-corrected chi connectivity index (χ1v) is 15.4. The van der Waals surface area contributed by atoms with Gasteiger partial charge in [-0.3, -0.25) is 9.52 Å². The third-order valence-corrected chi connectivity index (χ3v) is 10.1. The summed E-state index contributed by atoms with van der Waals surface area (Å²) in [5.41, 5.74) is 4.34. The lowest BCUT2D eigenvalue weighted by molar-refractivity contribution is 0.0302. The Balaban J connectivity index is 1.24. The van der Waals surface area contributed by atoms with Gasteiger partial charge in [-0.15, -0.1) is 0 Å². The van der Waals surface area contributed by atoms with Crippen LogP contribution in [-0.4, -0.2) is 78.0 Å². The average molecular weight is 581 g/mol. The minimum absolute atomic E-state index is 0.00554. The summed E-state index contributed by atoms with van der Waals surface area (Å²) in [4.78, 5) is 16.9. The number of amides is 1. The van der Waals surface area contributed by atoms with E-state index < -0.39 is 10.0 Å². The van der Waals surface area contributed by atoms with Crippen molar-refractivity contribution in [1.29, 1.82) is 0 Å². The molecule has 2 aliphatic heterocycles. The number of carbonyl (C=O) groups excluding carboxylic acids is 1. The molecule has 1 amide bonds. The molecule has 1 spiro atoms. The number of sulfonamides is 1. The monoisotopic (exact) mass is 580 g/mol. The molecule has 41 heavy (non-hydrogen) atoms. The van der Waals surface area contributed by atoms with E-state index >= 15 is 0 Å². The molecule has 1 aromatic heterocycles. The number of morpholine rings is 1. The highest BCUT2D eigenvalue weighted by molar-refractivity contribution is 7.93. The number of anilines is 2. The Morgan fingerprint density at radius 2 is 1.73 bits per heavy atom. The van der Waals surface area contributed by atoms with Crippen LogP contribution in [0.3, 0.4) is 0 Å². The molecule has 3 fully saturated rings. The zero-order valence-electron chi connectivity index (χ0n) is 23.1. The fraction of sp³-hybridized carbons (Fsp3) is 0.448. The standard InChI is InChI=1S/C29H32N4O7S/c1-37-23-14-18(28(34)33-10-12-39-13-11-33)15-24(38-2)26(23)41(35,36)31-27-21-17-29(6-7-29)22-5-4-19(32-8-3-9-32)16-20(22)25(21)40-30-27/h4-5,14-16H,3,6-13,17H2,1-2H3,(H,30,31). The van der Waals surface area contributed by atoms with Gasteiger partial charge in [-0.05, 0) is 55.5 Å². The number of fused-ring (bicyclic) bond motifs is 4. The summed E-state index contributed by atoms with van der Waals surface area (Å²) in [6.07, 6.45) is 3.87. The zero-order chi connectivity index (χ0) is 28.4. The van der Waals surface area contributed by atoms with Crippen LogP contribution in [0.25, 0.3) is 11.3 Å². The second-order valence-electron chi connectivity index (χ2n) is 11.1. The van der Waals surface area contributed by atoms with E-state index in [1.807, 2.05) is 0 Å². The number of benzene rings is 2. The molecule has 1 saturated carbocycles. The van der Waals surface area contributed by atoms with E-state index in [2.05, 4.69) is 33.0 Å². The highest BCUT2D eigenvalue weighted by atomic mass is 32.2. The van der Waals surface area contributed by atoms with Crippen LogP contribution in [0.4, 0.5) is 11.5 Å². The topological polar surface area (TPSA) is 123 Å². The van der Waals surface area contributed by atoms with Crippen LogP contribution < -0.4 is 19.1 Å². The fourth-order valence-electron chi connectivity index (χ4n) is 6.14. The summed E-state index contributed by atoms with van der Waals surface area (Å²) in [5.74, 6) is 0.494. The van der Waals surface area contributed by atoms with Crippen molar-refractivity contribution in [3.63, 3.8) is 0 Å². The Morgan fingerprint density at radius 1 is 1.02 bits per heavy atom. The summed E-state index contributed by atoms with van der Waals surface area (Å²) in [6.45, 7) is 3.85. The van der Waals surface area contributed by atoms with Crippen LogP contribution in [0.5, 0.6) is 11.5 Å². The van der Waals surface area contributed by atoms with Crippen molar-refractivity contribution in [2.75, 3.05) is 63.2 Å². The van der Waals surface area contributed by atoms with Crippen LogP contribution in [0.15, 0.2) is 39.8 Å². The molecule has 0 atom stereocenters.